The van der Waals surface area contributed by atoms with Crippen molar-refractivity contribution >= 4 is 46.5 Å². The van der Waals surface area contributed by atoms with Gasteiger partial charge in [-0.05, 0) is 36.4 Å². The second-order valence-electron chi connectivity index (χ2n) is 6.30. The molecule has 128 valence electrons. The molecule has 0 aliphatic carbocycles. The smallest absolute Gasteiger partial charge is 0.134 e. The molecule has 24 heavy (non-hydrogen) atoms. The molecule has 0 aliphatic rings. The number of amidine groups is 1. The predicted molar refractivity (Wildman–Crippen MR) is 110 cm³/mol. The first-order valence-electron chi connectivity index (χ1n) is 7.81. The molecule has 1 N–H and O–H groups in total. The van der Waals surface area contributed by atoms with Gasteiger partial charge < -0.3 is 5.32 Å². The molecule has 0 aromatic heterocycles. The minimum Gasteiger partial charge on any atom is -0.340 e. The summed E-state index contributed by atoms with van der Waals surface area (Å²) in [5.41, 5.74) is 1.83. The number of anilines is 1. The highest BCUT2D eigenvalue weighted by Crippen LogP contribution is 2.23. The molecule has 0 unspecified atom stereocenters. The van der Waals surface area contributed by atoms with Crippen LogP contribution in [0.4, 0.5) is 5.69 Å². The SMILES string of the molecule is CC(C)(C)SCCN=C(Nc1ccc(Cl)cc1)c1ccccc1Cl. The molecular formula is C19H22Cl2N2S. The summed E-state index contributed by atoms with van der Waals surface area (Å²) in [7, 11) is 0. The molecular weight excluding hydrogens is 359 g/mol. The molecule has 0 saturated heterocycles. The van der Waals surface area contributed by atoms with E-state index in [0.29, 0.717) is 10.0 Å². The minimum atomic E-state index is 0.240. The Morgan fingerprint density at radius 1 is 1.04 bits per heavy atom. The van der Waals surface area contributed by atoms with E-state index in [0.717, 1.165) is 29.4 Å². The fourth-order valence-corrected chi connectivity index (χ4v) is 3.17. The molecule has 0 radical (unpaired) electrons. The second-order valence-corrected chi connectivity index (χ2v) is 9.07. The van der Waals surface area contributed by atoms with Crippen LogP contribution >= 0.6 is 35.0 Å². The Kier molecular flexibility index (Phi) is 7.02. The van der Waals surface area contributed by atoms with Crippen LogP contribution in [0.5, 0.6) is 0 Å². The van der Waals surface area contributed by atoms with Crippen LogP contribution in [0.3, 0.4) is 0 Å². The van der Waals surface area contributed by atoms with Gasteiger partial charge in [-0.1, -0.05) is 56.1 Å². The van der Waals surface area contributed by atoms with E-state index in [4.69, 9.17) is 28.2 Å². The van der Waals surface area contributed by atoms with Gasteiger partial charge in [0.25, 0.3) is 0 Å². The van der Waals surface area contributed by atoms with Crippen molar-refractivity contribution in [2.75, 3.05) is 17.6 Å². The van der Waals surface area contributed by atoms with Crippen LogP contribution in [-0.2, 0) is 0 Å². The van der Waals surface area contributed by atoms with Gasteiger partial charge in [0.05, 0.1) is 11.6 Å². The van der Waals surface area contributed by atoms with E-state index in [1.165, 1.54) is 0 Å². The number of thioether (sulfide) groups is 1. The topological polar surface area (TPSA) is 24.4 Å². The molecule has 0 amide bonds. The number of benzene rings is 2. The molecule has 2 nitrogen and oxygen atoms in total. The van der Waals surface area contributed by atoms with Gasteiger partial charge in [0.1, 0.15) is 5.84 Å². The van der Waals surface area contributed by atoms with E-state index in [1.54, 1.807) is 0 Å². The summed E-state index contributed by atoms with van der Waals surface area (Å²) in [4.78, 5) is 4.74. The van der Waals surface area contributed by atoms with Gasteiger partial charge in [-0.15, -0.1) is 0 Å². The molecule has 0 heterocycles. The van der Waals surface area contributed by atoms with Crippen LogP contribution in [0, 0.1) is 0 Å². The normalized spacial score (nSPS) is 12.3. The van der Waals surface area contributed by atoms with Gasteiger partial charge in [-0.3, -0.25) is 4.99 Å². The zero-order valence-corrected chi connectivity index (χ0v) is 16.5. The van der Waals surface area contributed by atoms with Crippen LogP contribution in [0.15, 0.2) is 53.5 Å². The first-order valence-corrected chi connectivity index (χ1v) is 9.55. The Balaban J connectivity index is 2.18. The van der Waals surface area contributed by atoms with E-state index < -0.39 is 0 Å². The summed E-state index contributed by atoms with van der Waals surface area (Å²) in [6, 6.07) is 15.3. The van der Waals surface area contributed by atoms with Crippen molar-refractivity contribution in [2.24, 2.45) is 4.99 Å². The van der Waals surface area contributed by atoms with E-state index in [1.807, 2.05) is 60.3 Å². The number of nitrogens with zero attached hydrogens (tertiary/aromatic N) is 1. The predicted octanol–water partition coefficient (Wildman–Crippen LogP) is 6.38. The zero-order valence-electron chi connectivity index (χ0n) is 14.1. The van der Waals surface area contributed by atoms with Crippen molar-refractivity contribution in [3.05, 3.63) is 64.1 Å². The Morgan fingerprint density at radius 2 is 1.71 bits per heavy atom. The first kappa shape index (κ1) is 19.2. The quantitative estimate of drug-likeness (QED) is 0.369. The third-order valence-electron chi connectivity index (χ3n) is 3.13. The zero-order chi connectivity index (χ0) is 17.6. The lowest BCUT2D eigenvalue weighted by Gasteiger charge is -2.17. The minimum absolute atomic E-state index is 0.240. The van der Waals surface area contributed by atoms with Crippen molar-refractivity contribution in [2.45, 2.75) is 25.5 Å². The molecule has 2 rings (SSSR count). The van der Waals surface area contributed by atoms with Crippen LogP contribution in [0.2, 0.25) is 10.0 Å². The molecule has 0 saturated carbocycles. The van der Waals surface area contributed by atoms with Crippen LogP contribution < -0.4 is 5.32 Å². The summed E-state index contributed by atoms with van der Waals surface area (Å²) in [6.45, 7) is 7.36. The number of hydrogen-bond acceptors (Lipinski definition) is 2. The maximum absolute atomic E-state index is 6.35. The van der Waals surface area contributed by atoms with Gasteiger partial charge in [0.15, 0.2) is 0 Å². The van der Waals surface area contributed by atoms with Crippen molar-refractivity contribution in [1.29, 1.82) is 0 Å². The maximum atomic E-state index is 6.35. The maximum Gasteiger partial charge on any atom is 0.134 e. The molecule has 0 bridgehead atoms. The second kappa shape index (κ2) is 8.80. The molecule has 0 spiro atoms. The van der Waals surface area contributed by atoms with Gasteiger partial charge in [-0.2, -0.15) is 11.8 Å². The average Bonchev–Trinajstić information content (AvgIpc) is 2.52. The highest BCUT2D eigenvalue weighted by Gasteiger charge is 2.11. The fourth-order valence-electron chi connectivity index (χ4n) is 2.02. The molecule has 2 aromatic rings. The number of rotatable bonds is 5. The molecule has 0 atom stereocenters. The van der Waals surface area contributed by atoms with E-state index in [9.17, 15) is 0 Å². The molecule has 2 aromatic carbocycles. The van der Waals surface area contributed by atoms with E-state index >= 15 is 0 Å². The third-order valence-corrected chi connectivity index (χ3v) is 4.97. The van der Waals surface area contributed by atoms with Crippen molar-refractivity contribution < 1.29 is 0 Å². The Bertz CT molecular complexity index is 691. The van der Waals surface area contributed by atoms with Crippen molar-refractivity contribution in [3.8, 4) is 0 Å². The van der Waals surface area contributed by atoms with E-state index in [2.05, 4.69) is 26.1 Å². The average molecular weight is 381 g/mol. The van der Waals surface area contributed by atoms with Crippen molar-refractivity contribution in [1.82, 2.24) is 0 Å². The summed E-state index contributed by atoms with van der Waals surface area (Å²) in [5, 5.41) is 4.75. The first-order chi connectivity index (χ1) is 11.3. The Labute approximate surface area is 158 Å². The van der Waals surface area contributed by atoms with Crippen LogP contribution in [-0.4, -0.2) is 22.9 Å². The molecule has 5 heteroatoms. The van der Waals surface area contributed by atoms with Gasteiger partial charge >= 0.3 is 0 Å². The lowest BCUT2D eigenvalue weighted by atomic mass is 10.2. The Morgan fingerprint density at radius 3 is 2.33 bits per heavy atom. The largest absolute Gasteiger partial charge is 0.340 e. The van der Waals surface area contributed by atoms with Gasteiger partial charge in [0, 0.05) is 26.8 Å². The molecule has 0 fully saturated rings. The lowest BCUT2D eigenvalue weighted by Crippen LogP contribution is -2.16. The van der Waals surface area contributed by atoms with Crippen molar-refractivity contribution in [3.63, 3.8) is 0 Å². The number of nitrogens with one attached hydrogen (secondary N) is 1. The van der Waals surface area contributed by atoms with Gasteiger partial charge in [0.2, 0.25) is 0 Å². The lowest BCUT2D eigenvalue weighted by molar-refractivity contribution is 0.802. The van der Waals surface area contributed by atoms with Crippen LogP contribution in [0.25, 0.3) is 0 Å². The van der Waals surface area contributed by atoms with Crippen LogP contribution in [0.1, 0.15) is 26.3 Å². The van der Waals surface area contributed by atoms with E-state index in [-0.39, 0.29) is 4.75 Å². The highest BCUT2D eigenvalue weighted by molar-refractivity contribution is 8.00. The Hall–Kier alpha value is -1.16. The number of halogens is 2. The highest BCUT2D eigenvalue weighted by atomic mass is 35.5. The number of aliphatic imine (C=N–C) groups is 1. The third kappa shape index (κ3) is 6.39. The number of hydrogen-bond donors (Lipinski definition) is 1. The summed E-state index contributed by atoms with van der Waals surface area (Å²) >= 11 is 14.2. The summed E-state index contributed by atoms with van der Waals surface area (Å²) in [5.74, 6) is 1.73. The summed E-state index contributed by atoms with van der Waals surface area (Å²) < 4.78 is 0.240. The standard InChI is InChI=1S/C19H22Cl2N2S/c1-19(2,3)24-13-12-22-18(16-6-4-5-7-17(16)21)23-15-10-8-14(20)9-11-15/h4-11H,12-13H2,1-3H3,(H,22,23). The monoisotopic (exact) mass is 380 g/mol. The molecule has 0 aliphatic heterocycles. The summed E-state index contributed by atoms with van der Waals surface area (Å²) in [6.07, 6.45) is 0. The fraction of sp³-hybridized carbons (Fsp3) is 0.316. The van der Waals surface area contributed by atoms with Gasteiger partial charge in [-0.25, -0.2) is 0 Å².